The summed E-state index contributed by atoms with van der Waals surface area (Å²) < 4.78 is 5.25. The molecule has 0 saturated carbocycles. The van der Waals surface area contributed by atoms with Crippen molar-refractivity contribution in [3.05, 3.63) is 64.8 Å². The third-order valence-electron chi connectivity index (χ3n) is 4.31. The Balaban J connectivity index is 1.99. The molecule has 24 heavy (non-hydrogen) atoms. The van der Waals surface area contributed by atoms with Gasteiger partial charge in [-0.1, -0.05) is 12.1 Å². The van der Waals surface area contributed by atoms with Crippen molar-refractivity contribution in [2.24, 2.45) is 0 Å². The van der Waals surface area contributed by atoms with Gasteiger partial charge in [0.05, 0.1) is 23.9 Å². The molecular formula is C20H20N2O2. The molecule has 2 aromatic carbocycles. The Kier molecular flexibility index (Phi) is 4.21. The van der Waals surface area contributed by atoms with Crippen LogP contribution in [0.2, 0.25) is 0 Å². The Morgan fingerprint density at radius 1 is 1.08 bits per heavy atom. The summed E-state index contributed by atoms with van der Waals surface area (Å²) in [6.45, 7) is 5.88. The van der Waals surface area contributed by atoms with Crippen LogP contribution in [0.1, 0.15) is 27.2 Å². The molecule has 122 valence electrons. The van der Waals surface area contributed by atoms with E-state index in [2.05, 4.69) is 10.3 Å². The van der Waals surface area contributed by atoms with Gasteiger partial charge in [-0.15, -0.1) is 0 Å². The van der Waals surface area contributed by atoms with E-state index in [1.54, 1.807) is 7.11 Å². The molecule has 4 heteroatoms. The summed E-state index contributed by atoms with van der Waals surface area (Å²) in [5, 5.41) is 3.87. The van der Waals surface area contributed by atoms with Crippen molar-refractivity contribution in [1.82, 2.24) is 4.98 Å². The van der Waals surface area contributed by atoms with Crippen molar-refractivity contribution < 1.29 is 9.53 Å². The zero-order valence-electron chi connectivity index (χ0n) is 14.3. The fraction of sp³-hybridized carbons (Fsp3) is 0.200. The first-order chi connectivity index (χ1) is 11.5. The lowest BCUT2D eigenvalue weighted by molar-refractivity contribution is 0.102. The minimum atomic E-state index is -0.154. The van der Waals surface area contributed by atoms with Gasteiger partial charge in [-0.05, 0) is 62.2 Å². The number of nitrogens with one attached hydrogen (secondary N) is 1. The highest BCUT2D eigenvalue weighted by atomic mass is 16.5. The van der Waals surface area contributed by atoms with Crippen LogP contribution in [0.5, 0.6) is 5.75 Å². The molecule has 3 aromatic rings. The quantitative estimate of drug-likeness (QED) is 0.777. The fourth-order valence-corrected chi connectivity index (χ4v) is 2.68. The smallest absolute Gasteiger partial charge is 0.257 e. The zero-order valence-corrected chi connectivity index (χ0v) is 14.3. The van der Waals surface area contributed by atoms with Crippen molar-refractivity contribution >= 4 is 22.5 Å². The van der Waals surface area contributed by atoms with E-state index in [4.69, 9.17) is 4.74 Å². The largest absolute Gasteiger partial charge is 0.497 e. The number of fused-ring (bicyclic) bond motifs is 1. The molecule has 0 fully saturated rings. The maximum Gasteiger partial charge on any atom is 0.257 e. The number of ether oxygens (including phenoxy) is 1. The molecule has 3 rings (SSSR count). The number of anilines is 1. The summed E-state index contributed by atoms with van der Waals surface area (Å²) in [4.78, 5) is 17.3. The number of carbonyl (C=O) groups excluding carboxylic acids is 1. The van der Waals surface area contributed by atoms with E-state index in [-0.39, 0.29) is 5.91 Å². The average molecular weight is 320 g/mol. The minimum absolute atomic E-state index is 0.154. The molecule has 1 aromatic heterocycles. The van der Waals surface area contributed by atoms with Crippen LogP contribution in [0.3, 0.4) is 0 Å². The molecule has 0 spiro atoms. The van der Waals surface area contributed by atoms with Gasteiger partial charge in [-0.3, -0.25) is 9.78 Å². The van der Waals surface area contributed by atoms with Crippen LogP contribution in [0.4, 0.5) is 5.69 Å². The van der Waals surface area contributed by atoms with Gasteiger partial charge < -0.3 is 10.1 Å². The summed E-state index contributed by atoms with van der Waals surface area (Å²) in [7, 11) is 1.62. The van der Waals surface area contributed by atoms with Crippen LogP contribution in [0, 0.1) is 20.8 Å². The van der Waals surface area contributed by atoms with Gasteiger partial charge in [0.15, 0.2) is 0 Å². The highest BCUT2D eigenvalue weighted by molar-refractivity contribution is 6.07. The van der Waals surface area contributed by atoms with Gasteiger partial charge in [0.2, 0.25) is 0 Å². The van der Waals surface area contributed by atoms with E-state index in [0.717, 1.165) is 33.5 Å². The van der Waals surface area contributed by atoms with E-state index in [9.17, 15) is 4.79 Å². The van der Waals surface area contributed by atoms with Crippen molar-refractivity contribution in [2.75, 3.05) is 12.4 Å². The lowest BCUT2D eigenvalue weighted by atomic mass is 10.1. The number of methoxy groups -OCH3 is 1. The fourth-order valence-electron chi connectivity index (χ4n) is 2.68. The van der Waals surface area contributed by atoms with Gasteiger partial charge >= 0.3 is 0 Å². The van der Waals surface area contributed by atoms with Gasteiger partial charge in [0.25, 0.3) is 5.91 Å². The Morgan fingerprint density at radius 3 is 2.62 bits per heavy atom. The Labute approximate surface area is 141 Å². The molecule has 0 saturated heterocycles. The molecule has 0 aliphatic heterocycles. The Morgan fingerprint density at radius 2 is 1.88 bits per heavy atom. The number of nitrogens with zero attached hydrogens (tertiary/aromatic N) is 1. The summed E-state index contributed by atoms with van der Waals surface area (Å²) in [5.74, 6) is 0.590. The Hall–Kier alpha value is -2.88. The maximum atomic E-state index is 12.7. The molecule has 0 radical (unpaired) electrons. The van der Waals surface area contributed by atoms with Gasteiger partial charge in [0, 0.05) is 11.1 Å². The summed E-state index contributed by atoms with van der Waals surface area (Å²) in [6, 6.07) is 13.4. The average Bonchev–Trinajstić information content (AvgIpc) is 2.58. The lowest BCUT2D eigenvalue weighted by Crippen LogP contribution is -2.15. The van der Waals surface area contributed by atoms with Crippen molar-refractivity contribution in [3.8, 4) is 5.75 Å². The van der Waals surface area contributed by atoms with Crippen LogP contribution >= 0.6 is 0 Å². The molecule has 1 N–H and O–H groups in total. The predicted molar refractivity (Wildman–Crippen MR) is 96.9 cm³/mol. The minimum Gasteiger partial charge on any atom is -0.497 e. The molecule has 0 bridgehead atoms. The first kappa shape index (κ1) is 16.0. The van der Waals surface area contributed by atoms with Gasteiger partial charge in [0.1, 0.15) is 5.75 Å². The van der Waals surface area contributed by atoms with Crippen LogP contribution < -0.4 is 10.1 Å². The second kappa shape index (κ2) is 6.32. The number of aryl methyl sites for hydroxylation is 2. The topological polar surface area (TPSA) is 51.2 Å². The molecule has 1 amide bonds. The van der Waals surface area contributed by atoms with Crippen molar-refractivity contribution in [3.63, 3.8) is 0 Å². The third-order valence-corrected chi connectivity index (χ3v) is 4.31. The molecule has 0 aliphatic rings. The number of hydrogen-bond acceptors (Lipinski definition) is 3. The zero-order chi connectivity index (χ0) is 17.3. The van der Waals surface area contributed by atoms with Crippen LogP contribution in [-0.4, -0.2) is 18.0 Å². The standard InChI is InChI=1S/C20H20N2O2/c1-12-6-5-7-18(13(12)2)22-20(23)17-11-15-10-16(24-4)8-9-19(15)21-14(17)3/h5-11H,1-4H3,(H,22,23). The van der Waals surface area contributed by atoms with E-state index in [1.165, 1.54) is 0 Å². The van der Waals surface area contributed by atoms with Gasteiger partial charge in [-0.2, -0.15) is 0 Å². The van der Waals surface area contributed by atoms with Gasteiger partial charge in [-0.25, -0.2) is 0 Å². The predicted octanol–water partition coefficient (Wildman–Crippen LogP) is 4.42. The Bertz CT molecular complexity index is 932. The van der Waals surface area contributed by atoms with E-state index >= 15 is 0 Å². The van der Waals surface area contributed by atoms with Crippen LogP contribution in [-0.2, 0) is 0 Å². The highest BCUT2D eigenvalue weighted by Gasteiger charge is 2.13. The summed E-state index contributed by atoms with van der Waals surface area (Å²) in [5.41, 5.74) is 5.15. The first-order valence-corrected chi connectivity index (χ1v) is 7.82. The van der Waals surface area contributed by atoms with E-state index in [1.807, 2.05) is 63.2 Å². The van der Waals surface area contributed by atoms with Crippen molar-refractivity contribution in [2.45, 2.75) is 20.8 Å². The first-order valence-electron chi connectivity index (χ1n) is 7.82. The summed E-state index contributed by atoms with van der Waals surface area (Å²) in [6.07, 6.45) is 0. The lowest BCUT2D eigenvalue weighted by Gasteiger charge is -2.12. The number of benzene rings is 2. The molecule has 4 nitrogen and oxygen atoms in total. The second-order valence-electron chi connectivity index (χ2n) is 5.88. The number of hydrogen-bond donors (Lipinski definition) is 1. The second-order valence-corrected chi connectivity index (χ2v) is 5.88. The molecule has 0 atom stereocenters. The normalized spacial score (nSPS) is 10.7. The van der Waals surface area contributed by atoms with E-state index < -0.39 is 0 Å². The molecule has 0 aliphatic carbocycles. The molecule has 1 heterocycles. The number of aromatic nitrogens is 1. The molecule has 0 unspecified atom stereocenters. The maximum absolute atomic E-state index is 12.7. The summed E-state index contributed by atoms with van der Waals surface area (Å²) >= 11 is 0. The monoisotopic (exact) mass is 320 g/mol. The number of rotatable bonds is 3. The highest BCUT2D eigenvalue weighted by Crippen LogP contribution is 2.23. The molecular weight excluding hydrogens is 300 g/mol. The number of amides is 1. The number of carbonyl (C=O) groups is 1. The number of pyridine rings is 1. The third kappa shape index (κ3) is 2.95. The van der Waals surface area contributed by atoms with Crippen molar-refractivity contribution in [1.29, 1.82) is 0 Å². The van der Waals surface area contributed by atoms with Crippen LogP contribution in [0.25, 0.3) is 10.9 Å². The van der Waals surface area contributed by atoms with E-state index in [0.29, 0.717) is 11.3 Å². The SMILES string of the molecule is COc1ccc2nc(C)c(C(=O)Nc3cccc(C)c3C)cc2c1. The van der Waals surface area contributed by atoms with Crippen LogP contribution in [0.15, 0.2) is 42.5 Å².